The normalized spacial score (nSPS) is 21.7. The molecule has 1 fully saturated rings. The fourth-order valence-corrected chi connectivity index (χ4v) is 2.42. The summed E-state index contributed by atoms with van der Waals surface area (Å²) in [6.07, 6.45) is 3.40. The average Bonchev–Trinajstić information content (AvgIpc) is 2.89. The first kappa shape index (κ1) is 15.3. The van der Waals surface area contributed by atoms with Crippen molar-refractivity contribution in [3.05, 3.63) is 48.0 Å². The number of benzene rings is 1. The van der Waals surface area contributed by atoms with E-state index in [1.807, 2.05) is 30.3 Å². The second kappa shape index (κ2) is 7.08. The highest BCUT2D eigenvalue weighted by Crippen LogP contribution is 2.19. The Labute approximate surface area is 124 Å². The zero-order valence-corrected chi connectivity index (χ0v) is 11.9. The zero-order chi connectivity index (χ0) is 15.2. The number of allylic oxidation sites excluding steroid dienone is 1. The van der Waals surface area contributed by atoms with E-state index >= 15 is 0 Å². The molecule has 1 amide bonds. The van der Waals surface area contributed by atoms with E-state index in [2.05, 4.69) is 4.65 Å². The molecule has 0 aromatic heterocycles. The van der Waals surface area contributed by atoms with Crippen LogP contribution in [0.5, 0.6) is 0 Å². The summed E-state index contributed by atoms with van der Waals surface area (Å²) in [7, 11) is 1.28. The van der Waals surface area contributed by atoms with Crippen molar-refractivity contribution in [1.29, 1.82) is 0 Å². The molecule has 2 rings (SSSR count). The molecule has 1 aromatic rings. The van der Waals surface area contributed by atoms with E-state index in [0.29, 0.717) is 6.42 Å². The van der Waals surface area contributed by atoms with Crippen molar-refractivity contribution >= 4 is 19.9 Å². The first-order chi connectivity index (χ1) is 10.1. The lowest BCUT2D eigenvalue weighted by molar-refractivity contribution is -0.144. The number of carbonyl (C=O) groups is 2. The second-order valence-corrected chi connectivity index (χ2v) is 5.01. The number of aliphatic hydroxyl groups is 1. The Morgan fingerprint density at radius 2 is 2.10 bits per heavy atom. The average molecular weight is 287 g/mol. The van der Waals surface area contributed by atoms with E-state index in [9.17, 15) is 14.7 Å². The van der Waals surface area contributed by atoms with Gasteiger partial charge in [0.25, 0.3) is 0 Å². The Morgan fingerprint density at radius 1 is 1.38 bits per heavy atom. The van der Waals surface area contributed by atoms with E-state index in [1.165, 1.54) is 19.0 Å². The molecule has 21 heavy (non-hydrogen) atoms. The number of hydrogen-bond donors (Lipinski definition) is 1. The largest absolute Gasteiger partial charge is 0.542 e. The summed E-state index contributed by atoms with van der Waals surface area (Å²) < 4.78 is 4.67. The maximum atomic E-state index is 12.1. The second-order valence-electron chi connectivity index (χ2n) is 5.01. The number of aliphatic hydroxyl groups excluding tert-OH is 1. The molecule has 6 heteroatoms. The first-order valence-corrected chi connectivity index (χ1v) is 6.88. The van der Waals surface area contributed by atoms with E-state index in [4.69, 9.17) is 0 Å². The van der Waals surface area contributed by atoms with E-state index in [-0.39, 0.29) is 18.9 Å². The highest BCUT2D eigenvalue weighted by molar-refractivity contribution is 6.07. The quantitative estimate of drug-likeness (QED) is 0.617. The molecule has 0 spiro atoms. The molecule has 0 saturated carbocycles. The molecule has 1 aliphatic heterocycles. The Bertz CT molecular complexity index is 532. The SMILES string of the molecule is BOC(=O)[C@@H]1C[C@@H](O)CN1C(=O)/C=C\Cc1ccccc1. The maximum absolute atomic E-state index is 12.1. The topological polar surface area (TPSA) is 66.8 Å². The third-order valence-corrected chi connectivity index (χ3v) is 3.49. The molecule has 1 heterocycles. The van der Waals surface area contributed by atoms with Gasteiger partial charge in [-0.1, -0.05) is 36.4 Å². The molecule has 5 nitrogen and oxygen atoms in total. The smallest absolute Gasteiger partial charge is 0.326 e. The Morgan fingerprint density at radius 3 is 2.76 bits per heavy atom. The van der Waals surface area contributed by atoms with Gasteiger partial charge in [-0.3, -0.25) is 9.59 Å². The molecular formula is C15H18BNO4. The summed E-state index contributed by atoms with van der Waals surface area (Å²) >= 11 is 0. The van der Waals surface area contributed by atoms with Crippen LogP contribution in [0.3, 0.4) is 0 Å². The van der Waals surface area contributed by atoms with Gasteiger partial charge in [0.15, 0.2) is 0 Å². The van der Waals surface area contributed by atoms with Crippen molar-refractivity contribution in [1.82, 2.24) is 4.90 Å². The van der Waals surface area contributed by atoms with Crippen LogP contribution >= 0.6 is 0 Å². The number of hydrogen-bond acceptors (Lipinski definition) is 4. The van der Waals surface area contributed by atoms with Gasteiger partial charge < -0.3 is 14.7 Å². The van der Waals surface area contributed by atoms with Gasteiger partial charge in [0, 0.05) is 13.0 Å². The van der Waals surface area contributed by atoms with Crippen LogP contribution in [0.4, 0.5) is 0 Å². The van der Waals surface area contributed by atoms with Crippen LogP contribution in [0.25, 0.3) is 0 Å². The summed E-state index contributed by atoms with van der Waals surface area (Å²) in [5, 5.41) is 9.64. The van der Waals surface area contributed by atoms with Crippen LogP contribution in [-0.2, 0) is 20.7 Å². The van der Waals surface area contributed by atoms with Crippen molar-refractivity contribution in [2.75, 3.05) is 6.54 Å². The van der Waals surface area contributed by atoms with Crippen LogP contribution in [-0.4, -0.2) is 48.6 Å². The predicted molar refractivity (Wildman–Crippen MR) is 80.0 cm³/mol. The Kier molecular flexibility index (Phi) is 5.17. The van der Waals surface area contributed by atoms with Crippen LogP contribution in [0, 0.1) is 0 Å². The van der Waals surface area contributed by atoms with Gasteiger partial charge in [-0.2, -0.15) is 0 Å². The van der Waals surface area contributed by atoms with Crippen molar-refractivity contribution in [3.63, 3.8) is 0 Å². The summed E-state index contributed by atoms with van der Waals surface area (Å²) in [5.41, 5.74) is 1.10. The fraction of sp³-hybridized carbons (Fsp3) is 0.333. The van der Waals surface area contributed by atoms with Crippen LogP contribution in [0.2, 0.25) is 0 Å². The standard InChI is InChI=1S/C15H18BNO4/c16-21-15(20)13-9-12(18)10-17(13)14(19)8-4-7-11-5-2-1-3-6-11/h1-6,8,12-13,18H,7,9-10,16H2/b8-4-/t12-,13+/m1/s1. The van der Waals surface area contributed by atoms with Crippen LogP contribution in [0.15, 0.2) is 42.5 Å². The first-order valence-electron chi connectivity index (χ1n) is 6.88. The molecule has 1 N–H and O–H groups in total. The minimum absolute atomic E-state index is 0.161. The summed E-state index contributed by atoms with van der Waals surface area (Å²) in [6, 6.07) is 9.07. The molecular weight excluding hydrogens is 269 g/mol. The molecule has 0 aliphatic carbocycles. The summed E-state index contributed by atoms with van der Waals surface area (Å²) in [6.45, 7) is 0.161. The Balaban J connectivity index is 1.97. The number of β-amino-alcohol motifs (C(OH)–C–C–N with tert-alkyl or cyclic N) is 1. The van der Waals surface area contributed by atoms with Gasteiger partial charge in [-0.05, 0) is 18.1 Å². The monoisotopic (exact) mass is 287 g/mol. The molecule has 2 atom stereocenters. The fourth-order valence-electron chi connectivity index (χ4n) is 2.42. The number of carbonyl (C=O) groups excluding carboxylic acids is 2. The molecule has 0 radical (unpaired) electrons. The van der Waals surface area contributed by atoms with Gasteiger partial charge in [-0.25, -0.2) is 0 Å². The maximum Gasteiger partial charge on any atom is 0.326 e. The minimum atomic E-state index is -0.695. The van der Waals surface area contributed by atoms with Crippen LogP contribution in [0.1, 0.15) is 12.0 Å². The van der Waals surface area contributed by atoms with E-state index in [0.717, 1.165) is 5.56 Å². The molecule has 0 unspecified atom stereocenters. The minimum Gasteiger partial charge on any atom is -0.542 e. The van der Waals surface area contributed by atoms with Crippen LogP contribution < -0.4 is 0 Å². The molecule has 110 valence electrons. The number of rotatable bonds is 4. The Hall–Kier alpha value is -2.08. The van der Waals surface area contributed by atoms with Gasteiger partial charge in [0.1, 0.15) is 6.04 Å². The highest BCUT2D eigenvalue weighted by Gasteiger charge is 2.38. The lowest BCUT2D eigenvalue weighted by Gasteiger charge is -2.20. The molecule has 1 saturated heterocycles. The van der Waals surface area contributed by atoms with Crippen molar-refractivity contribution < 1.29 is 19.3 Å². The third kappa shape index (κ3) is 3.95. The number of amides is 1. The lowest BCUT2D eigenvalue weighted by Crippen LogP contribution is -2.40. The van der Waals surface area contributed by atoms with Crippen molar-refractivity contribution in [2.24, 2.45) is 0 Å². The lowest BCUT2D eigenvalue weighted by atomic mass is 10.1. The van der Waals surface area contributed by atoms with Crippen molar-refractivity contribution in [3.8, 4) is 0 Å². The van der Waals surface area contributed by atoms with Gasteiger partial charge in [0.05, 0.1) is 6.10 Å². The summed E-state index contributed by atoms with van der Waals surface area (Å²) in [4.78, 5) is 25.1. The molecule has 1 aromatic carbocycles. The predicted octanol–water partition coefficient (Wildman–Crippen LogP) is -0.162. The van der Waals surface area contributed by atoms with Gasteiger partial charge in [0.2, 0.25) is 5.91 Å². The molecule has 1 aliphatic rings. The van der Waals surface area contributed by atoms with E-state index in [1.54, 1.807) is 6.08 Å². The third-order valence-electron chi connectivity index (χ3n) is 3.49. The van der Waals surface area contributed by atoms with Gasteiger partial charge >= 0.3 is 14.0 Å². The summed E-state index contributed by atoms with van der Waals surface area (Å²) in [5.74, 6) is -0.769. The molecule has 0 bridgehead atoms. The number of likely N-dealkylation sites (tertiary alicyclic amines) is 1. The van der Waals surface area contributed by atoms with Gasteiger partial charge in [-0.15, -0.1) is 0 Å². The highest BCUT2D eigenvalue weighted by atomic mass is 16.5. The van der Waals surface area contributed by atoms with E-state index < -0.39 is 18.1 Å². The zero-order valence-electron chi connectivity index (χ0n) is 11.9. The number of nitrogens with zero attached hydrogens (tertiary/aromatic N) is 1. The van der Waals surface area contributed by atoms with Crippen molar-refractivity contribution in [2.45, 2.75) is 25.0 Å².